The monoisotopic (exact) mass is 235 g/mol. The fourth-order valence-electron chi connectivity index (χ4n) is 3.71. The predicted molar refractivity (Wildman–Crippen MR) is 61.3 cm³/mol. The number of fused-ring (bicyclic) bond motifs is 1. The molecule has 0 amide bonds. The molecule has 0 aromatic rings. The van der Waals surface area contributed by atoms with Crippen molar-refractivity contribution in [1.82, 2.24) is 4.90 Å². The normalized spacial score (nSPS) is 41.5. The molecule has 0 radical (unpaired) electrons. The van der Waals surface area contributed by atoms with Gasteiger partial charge < -0.3 is 4.74 Å². The van der Waals surface area contributed by atoms with E-state index in [0.717, 1.165) is 25.0 Å². The molecule has 3 rings (SSSR count). The average Bonchev–Trinajstić information content (AvgIpc) is 2.78. The molecule has 17 heavy (non-hydrogen) atoms. The molecule has 0 saturated carbocycles. The van der Waals surface area contributed by atoms with Crippen LogP contribution in [0.5, 0.6) is 0 Å². The Morgan fingerprint density at radius 3 is 3.00 bits per heavy atom. The van der Waals surface area contributed by atoms with Crippen LogP contribution in [-0.2, 0) is 14.3 Å². The molecule has 0 aromatic heterocycles. The van der Waals surface area contributed by atoms with Crippen molar-refractivity contribution in [3.05, 3.63) is 11.6 Å². The van der Waals surface area contributed by atoms with Crippen LogP contribution in [0, 0.1) is 5.92 Å². The number of hydrogen-bond acceptors (Lipinski definition) is 4. The van der Waals surface area contributed by atoms with E-state index in [1.54, 1.807) is 6.92 Å². The summed E-state index contributed by atoms with van der Waals surface area (Å²) in [7, 11) is 0. The molecular formula is C13H17NO3. The summed E-state index contributed by atoms with van der Waals surface area (Å²) in [5, 5.41) is 0. The first-order chi connectivity index (χ1) is 8.14. The number of rotatable bonds is 3. The third kappa shape index (κ3) is 1.16. The Morgan fingerprint density at radius 1 is 1.59 bits per heavy atom. The highest BCUT2D eigenvalue weighted by Gasteiger charge is 2.77. The Balaban J connectivity index is 1.96. The van der Waals surface area contributed by atoms with E-state index in [4.69, 9.17) is 4.74 Å². The maximum Gasteiger partial charge on any atom is 0.328 e. The fraction of sp³-hybridized carbons (Fsp3) is 0.692. The van der Waals surface area contributed by atoms with E-state index in [1.807, 2.05) is 13.0 Å². The highest BCUT2D eigenvalue weighted by Crippen LogP contribution is 2.60. The van der Waals surface area contributed by atoms with Gasteiger partial charge in [-0.3, -0.25) is 9.69 Å². The first-order valence-corrected chi connectivity index (χ1v) is 6.29. The van der Waals surface area contributed by atoms with Crippen LogP contribution < -0.4 is 0 Å². The molecule has 2 fully saturated rings. The maximum atomic E-state index is 12.2. The number of carbonyl (C=O) groups excluding carboxylic acids is 2. The molecule has 4 atom stereocenters. The molecule has 2 heterocycles. The van der Waals surface area contributed by atoms with Crippen molar-refractivity contribution in [2.45, 2.75) is 38.3 Å². The number of nitrogens with zero attached hydrogens (tertiary/aromatic N) is 1. The van der Waals surface area contributed by atoms with Gasteiger partial charge in [-0.1, -0.05) is 6.08 Å². The lowest BCUT2D eigenvalue weighted by Crippen LogP contribution is -2.39. The van der Waals surface area contributed by atoms with Gasteiger partial charge >= 0.3 is 5.97 Å². The third-order valence-electron chi connectivity index (χ3n) is 4.40. The topological polar surface area (TPSA) is 46.4 Å². The Bertz CT molecular complexity index is 428. The Morgan fingerprint density at radius 2 is 2.35 bits per heavy atom. The lowest BCUT2D eigenvalue weighted by molar-refractivity contribution is -0.148. The van der Waals surface area contributed by atoms with Crippen LogP contribution in [0.4, 0.5) is 0 Å². The van der Waals surface area contributed by atoms with Crippen molar-refractivity contribution in [2.75, 3.05) is 13.2 Å². The second kappa shape index (κ2) is 3.42. The van der Waals surface area contributed by atoms with Crippen molar-refractivity contribution < 1.29 is 14.3 Å². The smallest absolute Gasteiger partial charge is 0.328 e. The van der Waals surface area contributed by atoms with E-state index in [0.29, 0.717) is 12.5 Å². The van der Waals surface area contributed by atoms with E-state index in [-0.39, 0.29) is 17.8 Å². The second-order valence-electron chi connectivity index (χ2n) is 5.08. The van der Waals surface area contributed by atoms with Gasteiger partial charge in [-0.15, -0.1) is 0 Å². The maximum absolute atomic E-state index is 12.2. The van der Waals surface area contributed by atoms with Crippen molar-refractivity contribution in [3.63, 3.8) is 0 Å². The number of carbonyl (C=O) groups is 2. The van der Waals surface area contributed by atoms with Gasteiger partial charge in [0.25, 0.3) is 0 Å². The fourth-order valence-corrected chi connectivity index (χ4v) is 3.71. The van der Waals surface area contributed by atoms with Crippen molar-refractivity contribution in [2.24, 2.45) is 5.92 Å². The minimum atomic E-state index is -0.480. The first kappa shape index (κ1) is 11.0. The molecular weight excluding hydrogens is 218 g/mol. The van der Waals surface area contributed by atoms with E-state index in [2.05, 4.69) is 4.90 Å². The summed E-state index contributed by atoms with van der Waals surface area (Å²) in [4.78, 5) is 25.9. The molecule has 4 heteroatoms. The minimum absolute atomic E-state index is 0.00606. The van der Waals surface area contributed by atoms with Gasteiger partial charge in [0.05, 0.1) is 12.6 Å². The summed E-state index contributed by atoms with van der Waals surface area (Å²) < 4.78 is 5.22. The van der Waals surface area contributed by atoms with Crippen molar-refractivity contribution in [3.8, 4) is 0 Å². The number of ether oxygens (including phenoxy) is 1. The summed E-state index contributed by atoms with van der Waals surface area (Å²) in [5.41, 5.74) is 0.333. The standard InChI is InChI=1S/C13H17NO3/c1-3-17-12(16)13-9-4-5-10(8(2)15)11(13)14(13)7-6-9/h5,9,11H,3-4,6-7H2,1-2H3/t9-,11?,13+,14?/m0/s1. The first-order valence-electron chi connectivity index (χ1n) is 6.29. The SMILES string of the molecule is CCOC(=O)[C@]12C3C(C(C)=O)=CC[C@H]1CCN32. The number of ketones is 1. The molecule has 0 aromatic carbocycles. The molecule has 2 saturated heterocycles. The third-order valence-corrected chi connectivity index (χ3v) is 4.40. The molecule has 0 N–H and O–H groups in total. The number of piperidine rings is 1. The van der Waals surface area contributed by atoms with E-state index in [1.165, 1.54) is 0 Å². The average molecular weight is 235 g/mol. The van der Waals surface area contributed by atoms with Crippen molar-refractivity contribution in [1.29, 1.82) is 0 Å². The highest BCUT2D eigenvalue weighted by molar-refractivity contribution is 6.00. The molecule has 2 aliphatic heterocycles. The lowest BCUT2D eigenvalue weighted by Gasteiger charge is -2.24. The van der Waals surface area contributed by atoms with Gasteiger partial charge in [0, 0.05) is 12.1 Å². The Labute approximate surface area is 101 Å². The molecule has 0 spiro atoms. The second-order valence-corrected chi connectivity index (χ2v) is 5.08. The summed E-state index contributed by atoms with van der Waals surface area (Å²) >= 11 is 0. The summed E-state index contributed by atoms with van der Waals surface area (Å²) in [6.07, 6.45) is 3.89. The van der Waals surface area contributed by atoms with Crippen LogP contribution in [0.15, 0.2) is 11.6 Å². The minimum Gasteiger partial charge on any atom is -0.465 e. The van der Waals surface area contributed by atoms with Crippen LogP contribution in [0.2, 0.25) is 0 Å². The van der Waals surface area contributed by atoms with Crippen LogP contribution in [0.3, 0.4) is 0 Å². The zero-order valence-electron chi connectivity index (χ0n) is 10.2. The number of hydrogen-bond donors (Lipinski definition) is 0. The van der Waals surface area contributed by atoms with Crippen LogP contribution in [-0.4, -0.2) is 41.4 Å². The lowest BCUT2D eigenvalue weighted by atomic mass is 9.77. The molecule has 92 valence electrons. The Kier molecular flexibility index (Phi) is 2.20. The van der Waals surface area contributed by atoms with Crippen LogP contribution >= 0.6 is 0 Å². The van der Waals surface area contributed by atoms with E-state index < -0.39 is 5.54 Å². The van der Waals surface area contributed by atoms with Gasteiger partial charge in [0.1, 0.15) is 5.54 Å². The molecule has 0 bridgehead atoms. The largest absolute Gasteiger partial charge is 0.465 e. The molecule has 2 unspecified atom stereocenters. The quantitative estimate of drug-likeness (QED) is 0.539. The van der Waals surface area contributed by atoms with Gasteiger partial charge in [-0.05, 0) is 32.6 Å². The summed E-state index contributed by atoms with van der Waals surface area (Å²) in [6.45, 7) is 4.74. The molecule has 4 nitrogen and oxygen atoms in total. The molecule has 3 aliphatic rings. The number of esters is 1. The number of Topliss-reactive ketones (excluding diaryl/α,β-unsaturated/α-hetero) is 1. The number of allylic oxidation sites excluding steroid dienone is 1. The van der Waals surface area contributed by atoms with E-state index >= 15 is 0 Å². The molecule has 1 aliphatic carbocycles. The summed E-state index contributed by atoms with van der Waals surface area (Å²) in [6, 6.07) is 0.00606. The van der Waals surface area contributed by atoms with E-state index in [9.17, 15) is 9.59 Å². The zero-order valence-corrected chi connectivity index (χ0v) is 10.2. The van der Waals surface area contributed by atoms with Crippen LogP contribution in [0.25, 0.3) is 0 Å². The van der Waals surface area contributed by atoms with Crippen molar-refractivity contribution >= 4 is 11.8 Å². The predicted octanol–water partition coefficient (Wildman–Crippen LogP) is 0.911. The van der Waals surface area contributed by atoms with Gasteiger partial charge in [0.2, 0.25) is 0 Å². The van der Waals surface area contributed by atoms with Gasteiger partial charge in [0.15, 0.2) is 5.78 Å². The van der Waals surface area contributed by atoms with Gasteiger partial charge in [-0.2, -0.15) is 0 Å². The zero-order chi connectivity index (χ0) is 12.2. The van der Waals surface area contributed by atoms with Gasteiger partial charge in [-0.25, -0.2) is 4.79 Å². The van der Waals surface area contributed by atoms with Crippen LogP contribution in [0.1, 0.15) is 26.7 Å². The summed E-state index contributed by atoms with van der Waals surface area (Å²) in [5.74, 6) is 0.306. The Hall–Kier alpha value is -1.16. The highest BCUT2D eigenvalue weighted by atomic mass is 16.5.